The number of hydrogen-bond donors (Lipinski definition) is 1. The molecule has 2 unspecified atom stereocenters. The Balaban J connectivity index is 1.77. The molecular weight excluding hydrogens is 242 g/mol. The molecule has 2 saturated carbocycles. The Morgan fingerprint density at radius 2 is 2.32 bits per heavy atom. The maximum atomic E-state index is 12.2. The average molecular weight is 263 g/mol. The van der Waals surface area contributed by atoms with E-state index >= 15 is 0 Å². The summed E-state index contributed by atoms with van der Waals surface area (Å²) in [4.78, 5) is 12.2. The maximum Gasteiger partial charge on any atom is 0.326 e. The summed E-state index contributed by atoms with van der Waals surface area (Å²) >= 11 is 0. The highest BCUT2D eigenvalue weighted by atomic mass is 16.5. The first-order valence-corrected chi connectivity index (χ1v) is 7.01. The minimum Gasteiger partial charge on any atom is -0.468 e. The minimum absolute atomic E-state index is 0.120. The van der Waals surface area contributed by atoms with Crippen LogP contribution in [0.25, 0.3) is 0 Å². The number of nitrogens with zero attached hydrogens (tertiary/aromatic N) is 2. The van der Waals surface area contributed by atoms with Crippen molar-refractivity contribution < 1.29 is 9.53 Å². The quantitative estimate of drug-likeness (QED) is 0.838. The van der Waals surface area contributed by atoms with Gasteiger partial charge in [0.05, 0.1) is 18.8 Å². The molecule has 2 atom stereocenters. The average Bonchev–Trinajstić information content (AvgIpc) is 2.93. The lowest BCUT2D eigenvalue weighted by atomic mass is 9.97. The van der Waals surface area contributed by atoms with Crippen molar-refractivity contribution in [1.29, 1.82) is 0 Å². The predicted molar refractivity (Wildman–Crippen MR) is 70.8 cm³/mol. The van der Waals surface area contributed by atoms with Crippen LogP contribution in [0.2, 0.25) is 0 Å². The Labute approximate surface area is 113 Å². The van der Waals surface area contributed by atoms with Gasteiger partial charge in [-0.05, 0) is 45.1 Å². The van der Waals surface area contributed by atoms with Crippen LogP contribution in [0.3, 0.4) is 0 Å². The van der Waals surface area contributed by atoms with Crippen LogP contribution < -0.4 is 5.32 Å². The predicted octanol–water partition coefficient (Wildman–Crippen LogP) is 1.58. The summed E-state index contributed by atoms with van der Waals surface area (Å²) in [6.45, 7) is 1.99. The number of ether oxygens (including phenoxy) is 1. The smallest absolute Gasteiger partial charge is 0.326 e. The van der Waals surface area contributed by atoms with Gasteiger partial charge in [-0.15, -0.1) is 0 Å². The SMILES string of the molecule is COC(=O)C1(NC2CC2)CCC(n2ccc(C)n2)C1. The van der Waals surface area contributed by atoms with Gasteiger partial charge in [0, 0.05) is 12.2 Å². The summed E-state index contributed by atoms with van der Waals surface area (Å²) in [7, 11) is 1.48. The molecule has 1 aromatic rings. The number of rotatable bonds is 4. The van der Waals surface area contributed by atoms with Crippen molar-refractivity contribution in [2.45, 2.75) is 56.7 Å². The van der Waals surface area contributed by atoms with Crippen molar-refractivity contribution in [3.05, 3.63) is 18.0 Å². The monoisotopic (exact) mass is 263 g/mol. The van der Waals surface area contributed by atoms with Crippen LogP contribution in [0.5, 0.6) is 0 Å². The molecule has 2 aliphatic carbocycles. The van der Waals surface area contributed by atoms with Gasteiger partial charge in [0.15, 0.2) is 0 Å². The number of esters is 1. The number of methoxy groups -OCH3 is 1. The van der Waals surface area contributed by atoms with Crippen LogP contribution in [-0.2, 0) is 9.53 Å². The van der Waals surface area contributed by atoms with Gasteiger partial charge in [-0.2, -0.15) is 5.10 Å². The van der Waals surface area contributed by atoms with Gasteiger partial charge in [0.25, 0.3) is 0 Å². The molecule has 2 aliphatic rings. The lowest BCUT2D eigenvalue weighted by Gasteiger charge is -2.27. The largest absolute Gasteiger partial charge is 0.468 e. The van der Waals surface area contributed by atoms with E-state index in [0.717, 1.165) is 25.0 Å². The molecule has 2 fully saturated rings. The fraction of sp³-hybridized carbons (Fsp3) is 0.714. The number of nitrogens with one attached hydrogen (secondary N) is 1. The third-order valence-corrected chi connectivity index (χ3v) is 4.24. The highest BCUT2D eigenvalue weighted by molar-refractivity contribution is 5.81. The Morgan fingerprint density at radius 1 is 1.53 bits per heavy atom. The summed E-state index contributed by atoms with van der Waals surface area (Å²) in [5.41, 5.74) is 0.520. The zero-order chi connectivity index (χ0) is 13.5. The second-order valence-corrected chi connectivity index (χ2v) is 5.83. The molecular formula is C14H21N3O2. The van der Waals surface area contributed by atoms with Gasteiger partial charge in [-0.1, -0.05) is 0 Å². The van der Waals surface area contributed by atoms with Crippen molar-refractivity contribution in [2.75, 3.05) is 7.11 Å². The molecule has 0 aliphatic heterocycles. The first-order chi connectivity index (χ1) is 9.13. The molecule has 1 aromatic heterocycles. The number of aryl methyl sites for hydroxylation is 1. The van der Waals surface area contributed by atoms with Crippen LogP contribution in [0.15, 0.2) is 12.3 Å². The first-order valence-electron chi connectivity index (χ1n) is 7.01. The Kier molecular flexibility index (Phi) is 3.09. The van der Waals surface area contributed by atoms with E-state index in [-0.39, 0.29) is 5.97 Å². The Hall–Kier alpha value is -1.36. The third kappa shape index (κ3) is 2.39. The van der Waals surface area contributed by atoms with Crippen LogP contribution in [0, 0.1) is 6.92 Å². The van der Waals surface area contributed by atoms with Crippen molar-refractivity contribution in [3.63, 3.8) is 0 Å². The summed E-state index contributed by atoms with van der Waals surface area (Å²) in [5.74, 6) is -0.120. The van der Waals surface area contributed by atoms with Crippen LogP contribution in [0.1, 0.15) is 43.8 Å². The molecule has 0 amide bonds. The van der Waals surface area contributed by atoms with Crippen molar-refractivity contribution in [2.24, 2.45) is 0 Å². The van der Waals surface area contributed by atoms with E-state index in [4.69, 9.17) is 4.74 Å². The molecule has 19 heavy (non-hydrogen) atoms. The minimum atomic E-state index is -0.500. The molecule has 1 heterocycles. The van der Waals surface area contributed by atoms with E-state index < -0.39 is 5.54 Å². The van der Waals surface area contributed by atoms with Gasteiger partial charge in [0.2, 0.25) is 0 Å². The lowest BCUT2D eigenvalue weighted by Crippen LogP contribution is -2.51. The van der Waals surface area contributed by atoms with Gasteiger partial charge in [0.1, 0.15) is 5.54 Å². The van der Waals surface area contributed by atoms with E-state index in [1.807, 2.05) is 23.9 Å². The topological polar surface area (TPSA) is 56.1 Å². The Bertz CT molecular complexity index is 481. The van der Waals surface area contributed by atoms with E-state index in [2.05, 4.69) is 10.4 Å². The number of carbonyl (C=O) groups excluding carboxylic acids is 1. The van der Waals surface area contributed by atoms with Crippen molar-refractivity contribution in [3.8, 4) is 0 Å². The van der Waals surface area contributed by atoms with Gasteiger partial charge < -0.3 is 4.74 Å². The summed E-state index contributed by atoms with van der Waals surface area (Å²) in [6, 6.07) is 2.79. The summed E-state index contributed by atoms with van der Waals surface area (Å²) < 4.78 is 7.02. The lowest BCUT2D eigenvalue weighted by molar-refractivity contribution is -0.148. The van der Waals surface area contributed by atoms with Gasteiger partial charge in [-0.25, -0.2) is 0 Å². The molecule has 3 rings (SSSR count). The molecule has 0 radical (unpaired) electrons. The summed E-state index contributed by atoms with van der Waals surface area (Å²) in [5, 5.41) is 7.98. The number of hydrogen-bond acceptors (Lipinski definition) is 4. The molecule has 104 valence electrons. The van der Waals surface area contributed by atoms with Gasteiger partial charge in [-0.3, -0.25) is 14.8 Å². The molecule has 0 spiro atoms. The second kappa shape index (κ2) is 4.63. The number of aromatic nitrogens is 2. The van der Waals surface area contributed by atoms with E-state index in [9.17, 15) is 4.79 Å². The van der Waals surface area contributed by atoms with Gasteiger partial charge >= 0.3 is 5.97 Å². The van der Waals surface area contributed by atoms with Crippen LogP contribution >= 0.6 is 0 Å². The van der Waals surface area contributed by atoms with Crippen LogP contribution in [-0.4, -0.2) is 34.4 Å². The van der Waals surface area contributed by atoms with Crippen molar-refractivity contribution >= 4 is 5.97 Å². The normalized spacial score (nSPS) is 30.5. The molecule has 0 aromatic carbocycles. The molecule has 5 heteroatoms. The van der Waals surface area contributed by atoms with Crippen molar-refractivity contribution in [1.82, 2.24) is 15.1 Å². The zero-order valence-electron chi connectivity index (χ0n) is 11.6. The molecule has 0 bridgehead atoms. The number of carbonyl (C=O) groups is 1. The van der Waals surface area contributed by atoms with E-state index in [1.165, 1.54) is 20.0 Å². The third-order valence-electron chi connectivity index (χ3n) is 4.24. The first kappa shape index (κ1) is 12.7. The maximum absolute atomic E-state index is 12.2. The van der Waals surface area contributed by atoms with Crippen LogP contribution in [0.4, 0.5) is 0 Å². The Morgan fingerprint density at radius 3 is 2.89 bits per heavy atom. The zero-order valence-corrected chi connectivity index (χ0v) is 11.6. The molecule has 5 nitrogen and oxygen atoms in total. The van der Waals surface area contributed by atoms with E-state index in [1.54, 1.807) is 0 Å². The summed E-state index contributed by atoms with van der Waals surface area (Å²) in [6.07, 6.45) is 6.92. The fourth-order valence-electron chi connectivity index (χ4n) is 3.07. The molecule has 1 N–H and O–H groups in total. The second-order valence-electron chi connectivity index (χ2n) is 5.83. The standard InChI is InChI=1S/C14H21N3O2/c1-10-6-8-17(16-10)12-5-7-14(9-12,13(18)19-2)15-11-3-4-11/h6,8,11-12,15H,3-5,7,9H2,1-2H3. The van der Waals surface area contributed by atoms with E-state index in [0.29, 0.717) is 12.1 Å². The molecule has 0 saturated heterocycles. The fourth-order valence-corrected chi connectivity index (χ4v) is 3.07. The highest BCUT2D eigenvalue weighted by Gasteiger charge is 2.49. The highest BCUT2D eigenvalue weighted by Crippen LogP contribution is 2.40.